The van der Waals surface area contributed by atoms with Crippen LogP contribution in [0.25, 0.3) is 0 Å². The number of carbonyl (C=O) groups is 2. The largest absolute Gasteiger partial charge is 0.497 e. The summed E-state index contributed by atoms with van der Waals surface area (Å²) in [4.78, 5) is 25.6. The van der Waals surface area contributed by atoms with Crippen molar-refractivity contribution >= 4 is 11.8 Å². The molecule has 0 fully saturated rings. The van der Waals surface area contributed by atoms with Crippen LogP contribution < -0.4 is 29.6 Å². The molecule has 8 heteroatoms. The number of nitrogens with one attached hydrogen (secondary N) is 2. The standard InChI is InChI=1S/C24H32N2O6/c1-15(2)22(26-23(27)17-12-18(29-3)14-19(13-17)30-4)24(28)25-10-9-16-7-8-20(31-5)21(11-16)32-6/h7-8,11-15,22H,9-10H2,1-6H3,(H,25,28)(H,26,27). The zero-order valence-electron chi connectivity index (χ0n) is 19.5. The van der Waals surface area contributed by atoms with E-state index in [1.54, 1.807) is 32.4 Å². The quantitative estimate of drug-likeness (QED) is 0.553. The molecule has 0 aliphatic rings. The summed E-state index contributed by atoms with van der Waals surface area (Å²) in [5, 5.41) is 5.72. The van der Waals surface area contributed by atoms with Gasteiger partial charge in [0.1, 0.15) is 17.5 Å². The maximum Gasteiger partial charge on any atom is 0.252 e. The van der Waals surface area contributed by atoms with Crippen molar-refractivity contribution in [3.05, 3.63) is 47.5 Å². The number of hydrogen-bond acceptors (Lipinski definition) is 6. The zero-order chi connectivity index (χ0) is 23.7. The number of amides is 2. The molecule has 0 aliphatic heterocycles. The van der Waals surface area contributed by atoms with Crippen molar-refractivity contribution in [1.29, 1.82) is 0 Å². The number of rotatable bonds is 11. The average molecular weight is 445 g/mol. The first kappa shape index (κ1) is 24.8. The molecule has 32 heavy (non-hydrogen) atoms. The highest BCUT2D eigenvalue weighted by Crippen LogP contribution is 2.27. The van der Waals surface area contributed by atoms with Gasteiger partial charge in [0.05, 0.1) is 28.4 Å². The Bertz CT molecular complexity index is 906. The lowest BCUT2D eigenvalue weighted by Gasteiger charge is -2.22. The Balaban J connectivity index is 2.01. The predicted molar refractivity (Wildman–Crippen MR) is 122 cm³/mol. The van der Waals surface area contributed by atoms with E-state index >= 15 is 0 Å². The van der Waals surface area contributed by atoms with Gasteiger partial charge in [0.2, 0.25) is 5.91 Å². The number of ether oxygens (including phenoxy) is 4. The maximum absolute atomic E-state index is 12.8. The molecule has 0 saturated heterocycles. The zero-order valence-corrected chi connectivity index (χ0v) is 19.5. The fourth-order valence-electron chi connectivity index (χ4n) is 3.17. The Morgan fingerprint density at radius 3 is 2.00 bits per heavy atom. The monoisotopic (exact) mass is 444 g/mol. The lowest BCUT2D eigenvalue weighted by molar-refractivity contribution is -0.123. The topological polar surface area (TPSA) is 95.1 Å². The summed E-state index contributed by atoms with van der Waals surface area (Å²) in [6, 6.07) is 9.82. The third kappa shape index (κ3) is 6.54. The second-order valence-corrected chi connectivity index (χ2v) is 7.53. The van der Waals surface area contributed by atoms with Crippen molar-refractivity contribution in [1.82, 2.24) is 10.6 Å². The summed E-state index contributed by atoms with van der Waals surface area (Å²) in [5.74, 6) is 1.55. The van der Waals surface area contributed by atoms with Crippen molar-refractivity contribution in [2.75, 3.05) is 35.0 Å². The van der Waals surface area contributed by atoms with Gasteiger partial charge < -0.3 is 29.6 Å². The van der Waals surface area contributed by atoms with E-state index in [9.17, 15) is 9.59 Å². The van der Waals surface area contributed by atoms with E-state index in [4.69, 9.17) is 18.9 Å². The Morgan fingerprint density at radius 1 is 0.844 bits per heavy atom. The minimum atomic E-state index is -0.690. The van der Waals surface area contributed by atoms with Gasteiger partial charge >= 0.3 is 0 Å². The maximum atomic E-state index is 12.8. The third-order valence-electron chi connectivity index (χ3n) is 5.01. The Morgan fingerprint density at radius 2 is 1.47 bits per heavy atom. The van der Waals surface area contributed by atoms with E-state index in [2.05, 4.69) is 10.6 Å². The van der Waals surface area contributed by atoms with E-state index < -0.39 is 6.04 Å². The van der Waals surface area contributed by atoms with Gasteiger partial charge in [-0.05, 0) is 42.2 Å². The van der Waals surface area contributed by atoms with Gasteiger partial charge in [-0.15, -0.1) is 0 Å². The van der Waals surface area contributed by atoms with Gasteiger partial charge in [0.15, 0.2) is 11.5 Å². The molecule has 0 aliphatic carbocycles. The Labute approximate surface area is 189 Å². The molecule has 0 spiro atoms. The highest BCUT2D eigenvalue weighted by molar-refractivity contribution is 5.98. The third-order valence-corrected chi connectivity index (χ3v) is 5.01. The molecular formula is C24H32N2O6. The Kier molecular flexibility index (Phi) is 9.19. The SMILES string of the molecule is COc1cc(OC)cc(C(=O)NC(C(=O)NCCc2ccc(OC)c(OC)c2)C(C)C)c1. The fraction of sp³-hybridized carbons (Fsp3) is 0.417. The van der Waals surface area contributed by atoms with E-state index in [0.717, 1.165) is 5.56 Å². The molecular weight excluding hydrogens is 412 g/mol. The van der Waals surface area contributed by atoms with E-state index in [1.165, 1.54) is 14.2 Å². The molecule has 2 aromatic rings. The van der Waals surface area contributed by atoms with Crippen LogP contribution in [0.2, 0.25) is 0 Å². The molecule has 174 valence electrons. The minimum absolute atomic E-state index is 0.104. The molecule has 2 N–H and O–H groups in total. The fourth-order valence-corrected chi connectivity index (χ4v) is 3.17. The van der Waals surface area contributed by atoms with E-state index in [0.29, 0.717) is 41.5 Å². The molecule has 0 heterocycles. The summed E-state index contributed by atoms with van der Waals surface area (Å²) in [6.45, 7) is 4.18. The second-order valence-electron chi connectivity index (χ2n) is 7.53. The molecule has 0 radical (unpaired) electrons. The van der Waals surface area contributed by atoms with Gasteiger partial charge in [-0.2, -0.15) is 0 Å². The Hall–Kier alpha value is -3.42. The minimum Gasteiger partial charge on any atom is -0.497 e. The van der Waals surface area contributed by atoms with Crippen molar-refractivity contribution in [2.24, 2.45) is 5.92 Å². The van der Waals surface area contributed by atoms with Crippen LogP contribution in [-0.4, -0.2) is 52.8 Å². The molecule has 2 amide bonds. The normalized spacial score (nSPS) is 11.5. The van der Waals surface area contributed by atoms with Crippen LogP contribution in [-0.2, 0) is 11.2 Å². The van der Waals surface area contributed by atoms with Crippen molar-refractivity contribution < 1.29 is 28.5 Å². The molecule has 1 atom stereocenters. The average Bonchev–Trinajstić information content (AvgIpc) is 2.81. The van der Waals surface area contributed by atoms with Crippen LogP contribution in [0, 0.1) is 5.92 Å². The molecule has 2 rings (SSSR count). The van der Waals surface area contributed by atoms with Crippen LogP contribution in [0.1, 0.15) is 29.8 Å². The van der Waals surface area contributed by atoms with E-state index in [1.807, 2.05) is 32.0 Å². The van der Waals surface area contributed by atoms with Gasteiger partial charge in [-0.1, -0.05) is 19.9 Å². The van der Waals surface area contributed by atoms with Crippen molar-refractivity contribution in [2.45, 2.75) is 26.3 Å². The van der Waals surface area contributed by atoms with Gasteiger partial charge in [0, 0.05) is 18.2 Å². The van der Waals surface area contributed by atoms with Crippen molar-refractivity contribution in [3.8, 4) is 23.0 Å². The smallest absolute Gasteiger partial charge is 0.252 e. The lowest BCUT2D eigenvalue weighted by Crippen LogP contribution is -2.50. The molecule has 0 saturated carbocycles. The highest BCUT2D eigenvalue weighted by Gasteiger charge is 2.25. The van der Waals surface area contributed by atoms with Crippen LogP contribution in [0.5, 0.6) is 23.0 Å². The van der Waals surface area contributed by atoms with Crippen molar-refractivity contribution in [3.63, 3.8) is 0 Å². The van der Waals surface area contributed by atoms with Gasteiger partial charge in [0.25, 0.3) is 5.91 Å². The molecule has 0 bridgehead atoms. The summed E-state index contributed by atoms with van der Waals surface area (Å²) < 4.78 is 21.0. The van der Waals surface area contributed by atoms with E-state index in [-0.39, 0.29) is 17.7 Å². The van der Waals surface area contributed by atoms with Crippen LogP contribution in [0.3, 0.4) is 0 Å². The van der Waals surface area contributed by atoms with Crippen LogP contribution in [0.4, 0.5) is 0 Å². The number of benzene rings is 2. The molecule has 1 unspecified atom stereocenters. The predicted octanol–water partition coefficient (Wildman–Crippen LogP) is 2.83. The number of carbonyl (C=O) groups excluding carboxylic acids is 2. The second kappa shape index (κ2) is 11.8. The molecule has 0 aromatic heterocycles. The van der Waals surface area contributed by atoms with Crippen LogP contribution >= 0.6 is 0 Å². The number of methoxy groups -OCH3 is 4. The summed E-state index contributed by atoms with van der Waals surface area (Å²) >= 11 is 0. The number of hydrogen-bond donors (Lipinski definition) is 2. The summed E-state index contributed by atoms with van der Waals surface area (Å²) in [7, 11) is 6.19. The summed E-state index contributed by atoms with van der Waals surface area (Å²) in [6.07, 6.45) is 0.609. The first-order valence-electron chi connectivity index (χ1n) is 10.4. The van der Waals surface area contributed by atoms with Crippen LogP contribution in [0.15, 0.2) is 36.4 Å². The molecule has 2 aromatic carbocycles. The first-order valence-corrected chi connectivity index (χ1v) is 10.4. The highest BCUT2D eigenvalue weighted by atomic mass is 16.5. The first-order chi connectivity index (χ1) is 15.3. The van der Waals surface area contributed by atoms with Gasteiger partial charge in [-0.3, -0.25) is 9.59 Å². The molecule has 8 nitrogen and oxygen atoms in total. The summed E-state index contributed by atoms with van der Waals surface area (Å²) in [5.41, 5.74) is 1.35. The lowest BCUT2D eigenvalue weighted by atomic mass is 10.0. The van der Waals surface area contributed by atoms with Gasteiger partial charge in [-0.25, -0.2) is 0 Å².